The maximum absolute atomic E-state index is 11.1. The molecule has 4 aromatic rings. The number of benzene rings is 4. The van der Waals surface area contributed by atoms with Gasteiger partial charge in [-0.15, -0.1) is 0 Å². The van der Waals surface area contributed by atoms with Crippen LogP contribution in [0.4, 0.5) is 0 Å². The quantitative estimate of drug-likeness (QED) is 0.221. The molecular weight excluding hydrogens is 530 g/mol. The molecule has 1 unspecified atom stereocenters. The van der Waals surface area contributed by atoms with Crippen molar-refractivity contribution in [3.63, 3.8) is 0 Å². The highest BCUT2D eigenvalue weighted by atomic mass is 16.5. The monoisotopic (exact) mass is 573 g/mol. The lowest BCUT2D eigenvalue weighted by atomic mass is 9.95. The van der Waals surface area contributed by atoms with Gasteiger partial charge in [0, 0.05) is 18.2 Å². The Bertz CT molecular complexity index is 1610. The van der Waals surface area contributed by atoms with E-state index in [2.05, 4.69) is 82.9 Å². The molecule has 0 saturated carbocycles. The zero-order valence-corrected chi connectivity index (χ0v) is 26.0. The number of carbonyl (C=O) groups is 1. The number of aromatic carboxylic acids is 1. The first-order valence-corrected chi connectivity index (χ1v) is 15.0. The van der Waals surface area contributed by atoms with Crippen LogP contribution in [0.25, 0.3) is 22.4 Å². The molecule has 1 heterocycles. The van der Waals surface area contributed by atoms with Crippen LogP contribution in [0.2, 0.25) is 0 Å². The van der Waals surface area contributed by atoms with E-state index in [-0.39, 0.29) is 0 Å². The lowest BCUT2D eigenvalue weighted by Crippen LogP contribution is -2.30. The van der Waals surface area contributed by atoms with Crippen molar-refractivity contribution in [3.8, 4) is 16.9 Å². The van der Waals surface area contributed by atoms with E-state index in [1.165, 1.54) is 33.4 Å². The summed E-state index contributed by atoms with van der Waals surface area (Å²) < 4.78 is 5.89. The second-order valence-electron chi connectivity index (χ2n) is 11.4. The molecule has 222 valence electrons. The summed E-state index contributed by atoms with van der Waals surface area (Å²) in [7, 11) is 0. The number of para-hydroxylation sites is 1. The predicted octanol–water partition coefficient (Wildman–Crippen LogP) is 9.23. The fourth-order valence-corrected chi connectivity index (χ4v) is 5.22. The minimum Gasteiger partial charge on any atom is -0.493 e. The minimum absolute atomic E-state index is 0.344. The van der Waals surface area contributed by atoms with Gasteiger partial charge in [0.2, 0.25) is 0 Å². The standard InChI is InChI=1S/C24H29NO.C15H14O2/c1-16(2)18(4)23-13-21(11-10-17(23)3)19(5)25-14-20-12-22-8-6-7-9-24(22)26-15-20;1-2-11-7-9-12(10-8-11)13-5-3-4-6-14(13)15(16)17/h6-11,13,20,25H,5,12,14-15H2,1-4H3;3-10H,2H2,1H3,(H,16,17). The van der Waals surface area contributed by atoms with Crippen LogP contribution >= 0.6 is 0 Å². The molecule has 0 saturated heterocycles. The lowest BCUT2D eigenvalue weighted by molar-refractivity contribution is 0.0697. The van der Waals surface area contributed by atoms with Crippen LogP contribution in [-0.2, 0) is 12.8 Å². The highest BCUT2D eigenvalue weighted by molar-refractivity contribution is 5.96. The van der Waals surface area contributed by atoms with Crippen molar-refractivity contribution in [2.75, 3.05) is 13.2 Å². The van der Waals surface area contributed by atoms with E-state index in [1.54, 1.807) is 12.1 Å². The third-order valence-corrected chi connectivity index (χ3v) is 8.13. The van der Waals surface area contributed by atoms with E-state index in [0.717, 1.165) is 54.1 Å². The van der Waals surface area contributed by atoms with Gasteiger partial charge in [-0.05, 0) is 103 Å². The molecule has 5 rings (SSSR count). The summed E-state index contributed by atoms with van der Waals surface area (Å²) in [5.41, 5.74) is 12.0. The first-order chi connectivity index (χ1) is 20.7. The van der Waals surface area contributed by atoms with Gasteiger partial charge in [-0.2, -0.15) is 0 Å². The van der Waals surface area contributed by atoms with E-state index in [1.807, 2.05) is 42.5 Å². The zero-order valence-electron chi connectivity index (χ0n) is 26.0. The highest BCUT2D eigenvalue weighted by Gasteiger charge is 2.19. The van der Waals surface area contributed by atoms with E-state index >= 15 is 0 Å². The predicted molar refractivity (Wildman–Crippen MR) is 180 cm³/mol. The van der Waals surface area contributed by atoms with Crippen LogP contribution in [0, 0.1) is 12.8 Å². The van der Waals surface area contributed by atoms with Crippen LogP contribution in [0.1, 0.15) is 65.9 Å². The Morgan fingerprint density at radius 3 is 2.33 bits per heavy atom. The van der Waals surface area contributed by atoms with Gasteiger partial charge in [-0.1, -0.05) is 91.9 Å². The highest BCUT2D eigenvalue weighted by Crippen LogP contribution is 2.28. The molecule has 0 aliphatic carbocycles. The van der Waals surface area contributed by atoms with Gasteiger partial charge in [0.1, 0.15) is 5.75 Å². The number of allylic oxidation sites excluding steroid dienone is 2. The minimum atomic E-state index is -0.889. The maximum atomic E-state index is 11.1. The van der Waals surface area contributed by atoms with Crippen molar-refractivity contribution >= 4 is 17.2 Å². The largest absolute Gasteiger partial charge is 0.493 e. The van der Waals surface area contributed by atoms with E-state index < -0.39 is 5.97 Å². The van der Waals surface area contributed by atoms with E-state index in [4.69, 9.17) is 9.84 Å². The molecule has 0 amide bonds. The smallest absolute Gasteiger partial charge is 0.336 e. The van der Waals surface area contributed by atoms with Crippen molar-refractivity contribution in [2.24, 2.45) is 5.92 Å². The average Bonchev–Trinajstić information content (AvgIpc) is 3.03. The Kier molecular flexibility index (Phi) is 10.6. The Morgan fingerprint density at radius 2 is 1.63 bits per heavy atom. The Balaban J connectivity index is 0.000000215. The number of carboxylic acid groups (broad SMARTS) is 1. The number of carboxylic acids is 1. The first-order valence-electron chi connectivity index (χ1n) is 15.0. The van der Waals surface area contributed by atoms with Crippen molar-refractivity contribution in [1.29, 1.82) is 0 Å². The molecule has 2 N–H and O–H groups in total. The van der Waals surface area contributed by atoms with Gasteiger partial charge in [0.05, 0.1) is 12.2 Å². The van der Waals surface area contributed by atoms with Crippen molar-refractivity contribution in [1.82, 2.24) is 5.32 Å². The van der Waals surface area contributed by atoms with E-state index in [9.17, 15) is 4.79 Å². The zero-order chi connectivity index (χ0) is 30.9. The van der Waals surface area contributed by atoms with Crippen molar-refractivity contribution in [2.45, 2.75) is 47.5 Å². The summed E-state index contributed by atoms with van der Waals surface area (Å²) in [6, 6.07) is 30.0. The number of hydrogen-bond acceptors (Lipinski definition) is 3. The van der Waals surface area contributed by atoms with Crippen LogP contribution in [0.3, 0.4) is 0 Å². The molecule has 0 aromatic heterocycles. The molecule has 1 aliphatic heterocycles. The molecule has 4 heteroatoms. The molecular formula is C39H43NO3. The van der Waals surface area contributed by atoms with Crippen LogP contribution in [0.15, 0.2) is 103 Å². The number of rotatable bonds is 8. The van der Waals surface area contributed by atoms with Gasteiger partial charge in [0.15, 0.2) is 0 Å². The second kappa shape index (κ2) is 14.6. The molecule has 4 nitrogen and oxygen atoms in total. The number of ether oxygens (including phenoxy) is 1. The number of aryl methyl sites for hydroxylation is 2. The van der Waals surface area contributed by atoms with E-state index in [0.29, 0.717) is 11.5 Å². The third kappa shape index (κ3) is 8.04. The molecule has 1 atom stereocenters. The fraction of sp³-hybridized carbons (Fsp3) is 0.256. The summed E-state index contributed by atoms with van der Waals surface area (Å²) in [6.45, 7) is 16.7. The summed E-state index contributed by atoms with van der Waals surface area (Å²) in [6.07, 6.45) is 2.04. The first kappa shape index (κ1) is 31.4. The van der Waals surface area contributed by atoms with Crippen molar-refractivity contribution < 1.29 is 14.6 Å². The Morgan fingerprint density at radius 1 is 0.930 bits per heavy atom. The van der Waals surface area contributed by atoms with Gasteiger partial charge < -0.3 is 15.2 Å². The number of fused-ring (bicyclic) bond motifs is 1. The number of hydrogen-bond donors (Lipinski definition) is 2. The molecule has 1 aliphatic rings. The van der Waals surface area contributed by atoms with Crippen molar-refractivity contribution in [3.05, 3.63) is 137 Å². The van der Waals surface area contributed by atoms with Gasteiger partial charge in [-0.25, -0.2) is 4.79 Å². The molecule has 4 aromatic carbocycles. The molecule has 0 radical (unpaired) electrons. The normalized spacial score (nSPS) is 13.5. The summed E-state index contributed by atoms with van der Waals surface area (Å²) in [4.78, 5) is 11.1. The average molecular weight is 574 g/mol. The number of nitrogens with one attached hydrogen (secondary N) is 1. The Labute approximate surface area is 256 Å². The van der Waals surface area contributed by atoms with Gasteiger partial charge >= 0.3 is 5.97 Å². The molecule has 0 spiro atoms. The van der Waals surface area contributed by atoms with Gasteiger partial charge in [-0.3, -0.25) is 0 Å². The van der Waals surface area contributed by atoms with Crippen LogP contribution in [0.5, 0.6) is 5.75 Å². The fourth-order valence-electron chi connectivity index (χ4n) is 5.22. The molecule has 0 bridgehead atoms. The summed E-state index contributed by atoms with van der Waals surface area (Å²) in [5, 5.41) is 12.7. The lowest BCUT2D eigenvalue weighted by Gasteiger charge is -2.26. The topological polar surface area (TPSA) is 58.6 Å². The summed E-state index contributed by atoms with van der Waals surface area (Å²) in [5.74, 6) is 0.606. The molecule has 0 fully saturated rings. The molecule has 43 heavy (non-hydrogen) atoms. The van der Waals surface area contributed by atoms with Crippen LogP contribution < -0.4 is 10.1 Å². The Hall–Kier alpha value is -4.57. The SMILES string of the molecule is C=C(NCC1COc2ccccc2C1)c1ccc(C)c(C(C)=C(C)C)c1.CCc1ccc(-c2ccccc2C(=O)O)cc1. The summed E-state index contributed by atoms with van der Waals surface area (Å²) >= 11 is 0. The maximum Gasteiger partial charge on any atom is 0.336 e. The second-order valence-corrected chi connectivity index (χ2v) is 11.4. The van der Waals surface area contributed by atoms with Crippen LogP contribution in [-0.4, -0.2) is 24.2 Å². The van der Waals surface area contributed by atoms with Gasteiger partial charge in [0.25, 0.3) is 0 Å². The third-order valence-electron chi connectivity index (χ3n) is 8.13.